The summed E-state index contributed by atoms with van der Waals surface area (Å²) in [6.07, 6.45) is 9.17. The molecule has 0 aliphatic carbocycles. The molecule has 2 aromatic heterocycles. The van der Waals surface area contributed by atoms with Crippen molar-refractivity contribution >= 4 is 11.2 Å². The number of piperidine rings is 1. The summed E-state index contributed by atoms with van der Waals surface area (Å²) >= 11 is 0. The van der Waals surface area contributed by atoms with E-state index in [-0.39, 0.29) is 0 Å². The van der Waals surface area contributed by atoms with E-state index in [1.807, 2.05) is 12.3 Å². The lowest BCUT2D eigenvalue weighted by Gasteiger charge is -2.26. The minimum absolute atomic E-state index is 0.546. The van der Waals surface area contributed by atoms with Crippen LogP contribution >= 0.6 is 0 Å². The number of imidazole rings is 1. The average Bonchev–Trinajstić information content (AvgIpc) is 2.94. The molecular formula is C18H26N4O. The van der Waals surface area contributed by atoms with E-state index in [4.69, 9.17) is 9.72 Å². The second-order valence-corrected chi connectivity index (χ2v) is 6.92. The first-order valence-corrected chi connectivity index (χ1v) is 9.01. The van der Waals surface area contributed by atoms with Crippen LogP contribution in [0.25, 0.3) is 11.2 Å². The molecule has 5 nitrogen and oxygen atoms in total. The fourth-order valence-electron chi connectivity index (χ4n) is 3.88. The Morgan fingerprint density at radius 2 is 2.26 bits per heavy atom. The molecule has 0 spiro atoms. The Morgan fingerprint density at radius 1 is 1.26 bits per heavy atom. The quantitative estimate of drug-likeness (QED) is 0.942. The summed E-state index contributed by atoms with van der Waals surface area (Å²) < 4.78 is 8.01. The Morgan fingerprint density at radius 3 is 3.09 bits per heavy atom. The summed E-state index contributed by atoms with van der Waals surface area (Å²) in [6, 6.07) is 4.60. The first kappa shape index (κ1) is 15.1. The zero-order chi connectivity index (χ0) is 15.5. The summed E-state index contributed by atoms with van der Waals surface area (Å²) in [4.78, 5) is 9.49. The maximum absolute atomic E-state index is 5.65. The van der Waals surface area contributed by atoms with Gasteiger partial charge in [-0.3, -0.25) is 0 Å². The lowest BCUT2D eigenvalue weighted by Crippen LogP contribution is -2.37. The van der Waals surface area contributed by atoms with Gasteiger partial charge in [0.25, 0.3) is 0 Å². The summed E-state index contributed by atoms with van der Waals surface area (Å²) in [6.45, 7) is 3.91. The fourth-order valence-corrected chi connectivity index (χ4v) is 3.88. The standard InChI is InChI=1S/C18H26N4O/c1-2-8-19-15(6-1)12-22-17(11-14-5-4-10-23-13-14)21-16-7-3-9-20-18(16)22/h3,7,9,14-15,19H,1-2,4-6,8,10-13H2. The van der Waals surface area contributed by atoms with Gasteiger partial charge in [0.05, 0.1) is 0 Å². The molecule has 5 heteroatoms. The molecule has 2 aliphatic rings. The molecule has 0 radical (unpaired) electrons. The molecular weight excluding hydrogens is 288 g/mol. The van der Waals surface area contributed by atoms with Gasteiger partial charge in [-0.15, -0.1) is 0 Å². The first-order valence-electron chi connectivity index (χ1n) is 9.01. The Balaban J connectivity index is 1.60. The number of pyridine rings is 1. The maximum atomic E-state index is 5.65. The number of rotatable bonds is 4. The van der Waals surface area contributed by atoms with E-state index >= 15 is 0 Å². The lowest BCUT2D eigenvalue weighted by molar-refractivity contribution is 0.0540. The van der Waals surface area contributed by atoms with Crippen molar-refractivity contribution in [3.63, 3.8) is 0 Å². The molecule has 124 valence electrons. The summed E-state index contributed by atoms with van der Waals surface area (Å²) in [5.74, 6) is 1.78. The molecule has 0 bridgehead atoms. The van der Waals surface area contributed by atoms with E-state index in [0.29, 0.717) is 12.0 Å². The SMILES string of the molecule is c1cnc2c(c1)nc(CC1CCCOC1)n2CC1CCCCN1. The largest absolute Gasteiger partial charge is 0.381 e. The van der Waals surface area contributed by atoms with Crippen molar-refractivity contribution in [2.45, 2.75) is 51.1 Å². The third-order valence-electron chi connectivity index (χ3n) is 5.12. The van der Waals surface area contributed by atoms with Crippen molar-refractivity contribution < 1.29 is 4.74 Å². The van der Waals surface area contributed by atoms with Crippen LogP contribution in [0.3, 0.4) is 0 Å². The summed E-state index contributed by atoms with van der Waals surface area (Å²) in [5, 5.41) is 3.65. The van der Waals surface area contributed by atoms with E-state index in [2.05, 4.69) is 20.9 Å². The van der Waals surface area contributed by atoms with Gasteiger partial charge in [0.1, 0.15) is 11.3 Å². The highest BCUT2D eigenvalue weighted by molar-refractivity contribution is 5.71. The zero-order valence-corrected chi connectivity index (χ0v) is 13.7. The molecule has 0 amide bonds. The maximum Gasteiger partial charge on any atom is 0.160 e. The molecule has 2 unspecified atom stereocenters. The third-order valence-corrected chi connectivity index (χ3v) is 5.12. The molecule has 2 atom stereocenters. The topological polar surface area (TPSA) is 52.0 Å². The van der Waals surface area contributed by atoms with Gasteiger partial charge in [-0.2, -0.15) is 0 Å². The minimum atomic E-state index is 0.546. The van der Waals surface area contributed by atoms with E-state index < -0.39 is 0 Å². The van der Waals surface area contributed by atoms with Crippen molar-refractivity contribution in [1.29, 1.82) is 0 Å². The van der Waals surface area contributed by atoms with Crippen LogP contribution in [0, 0.1) is 5.92 Å². The van der Waals surface area contributed by atoms with Crippen LogP contribution in [0.4, 0.5) is 0 Å². The molecule has 0 aromatic carbocycles. The van der Waals surface area contributed by atoms with Gasteiger partial charge >= 0.3 is 0 Å². The van der Waals surface area contributed by atoms with Crippen molar-refractivity contribution in [3.8, 4) is 0 Å². The van der Waals surface area contributed by atoms with Gasteiger partial charge in [0.2, 0.25) is 0 Å². The van der Waals surface area contributed by atoms with Crippen molar-refractivity contribution in [2.75, 3.05) is 19.8 Å². The number of aromatic nitrogens is 3. The molecule has 4 heterocycles. The number of nitrogens with one attached hydrogen (secondary N) is 1. The van der Waals surface area contributed by atoms with Crippen LogP contribution in [-0.4, -0.2) is 40.3 Å². The van der Waals surface area contributed by atoms with E-state index in [9.17, 15) is 0 Å². The van der Waals surface area contributed by atoms with E-state index in [1.165, 1.54) is 37.9 Å². The van der Waals surface area contributed by atoms with Crippen molar-refractivity contribution in [3.05, 3.63) is 24.2 Å². The highest BCUT2D eigenvalue weighted by Crippen LogP contribution is 2.22. The van der Waals surface area contributed by atoms with Gasteiger partial charge < -0.3 is 14.6 Å². The average molecular weight is 314 g/mol. The van der Waals surface area contributed by atoms with Crippen molar-refractivity contribution in [2.24, 2.45) is 5.92 Å². The molecule has 1 N–H and O–H groups in total. The Labute approximate surface area is 137 Å². The van der Waals surface area contributed by atoms with Crippen LogP contribution in [0.2, 0.25) is 0 Å². The summed E-state index contributed by atoms with van der Waals surface area (Å²) in [5.41, 5.74) is 2.06. The molecule has 23 heavy (non-hydrogen) atoms. The second-order valence-electron chi connectivity index (χ2n) is 6.92. The Hall–Kier alpha value is -1.46. The molecule has 2 aromatic rings. The van der Waals surface area contributed by atoms with Gasteiger partial charge in [-0.05, 0) is 50.3 Å². The number of fused-ring (bicyclic) bond motifs is 1. The molecule has 2 saturated heterocycles. The fraction of sp³-hybridized carbons (Fsp3) is 0.667. The van der Waals surface area contributed by atoms with E-state index in [1.54, 1.807) is 0 Å². The number of hydrogen-bond donors (Lipinski definition) is 1. The van der Waals surface area contributed by atoms with Gasteiger partial charge in [-0.1, -0.05) is 6.42 Å². The second kappa shape index (κ2) is 6.97. The zero-order valence-electron chi connectivity index (χ0n) is 13.7. The Kier molecular flexibility index (Phi) is 4.57. The Bertz CT molecular complexity index is 642. The molecule has 0 saturated carbocycles. The minimum Gasteiger partial charge on any atom is -0.381 e. The number of nitrogens with zero attached hydrogens (tertiary/aromatic N) is 3. The van der Waals surface area contributed by atoms with Gasteiger partial charge in [-0.25, -0.2) is 9.97 Å². The molecule has 2 fully saturated rings. The van der Waals surface area contributed by atoms with Crippen LogP contribution in [0.15, 0.2) is 18.3 Å². The van der Waals surface area contributed by atoms with Crippen LogP contribution < -0.4 is 5.32 Å². The lowest BCUT2D eigenvalue weighted by atomic mass is 9.98. The van der Waals surface area contributed by atoms with Gasteiger partial charge in [0.15, 0.2) is 5.65 Å². The smallest absolute Gasteiger partial charge is 0.160 e. The highest BCUT2D eigenvalue weighted by atomic mass is 16.5. The number of ether oxygens (including phenoxy) is 1. The summed E-state index contributed by atoms with van der Waals surface area (Å²) in [7, 11) is 0. The monoisotopic (exact) mass is 314 g/mol. The van der Waals surface area contributed by atoms with Crippen LogP contribution in [0.1, 0.15) is 37.9 Å². The highest BCUT2D eigenvalue weighted by Gasteiger charge is 2.22. The molecule has 4 rings (SSSR count). The van der Waals surface area contributed by atoms with E-state index in [0.717, 1.165) is 43.9 Å². The normalized spacial score (nSPS) is 25.7. The first-order chi connectivity index (χ1) is 11.4. The van der Waals surface area contributed by atoms with Crippen molar-refractivity contribution in [1.82, 2.24) is 19.9 Å². The number of hydrogen-bond acceptors (Lipinski definition) is 4. The molecule has 2 aliphatic heterocycles. The van der Waals surface area contributed by atoms with Crippen LogP contribution in [-0.2, 0) is 17.7 Å². The van der Waals surface area contributed by atoms with Gasteiger partial charge in [0, 0.05) is 38.4 Å². The predicted molar refractivity (Wildman–Crippen MR) is 90.4 cm³/mol. The van der Waals surface area contributed by atoms with Crippen LogP contribution in [0.5, 0.6) is 0 Å². The predicted octanol–water partition coefficient (Wildman–Crippen LogP) is 2.54. The third kappa shape index (κ3) is 3.40.